The molecule has 3 N–H and O–H groups in total. The van der Waals surface area contributed by atoms with Gasteiger partial charge in [-0.05, 0) is 30.0 Å². The second-order valence-corrected chi connectivity index (χ2v) is 7.46. The molecular weight excluding hydrogens is 348 g/mol. The molecule has 1 heterocycles. The van der Waals surface area contributed by atoms with Crippen LogP contribution in [0.2, 0.25) is 0 Å². The van der Waals surface area contributed by atoms with Crippen LogP contribution in [-0.2, 0) is 13.0 Å². The summed E-state index contributed by atoms with van der Waals surface area (Å²) >= 11 is 0. The molecule has 0 radical (unpaired) electrons. The van der Waals surface area contributed by atoms with Crippen molar-refractivity contribution in [3.63, 3.8) is 0 Å². The van der Waals surface area contributed by atoms with Gasteiger partial charge in [0.15, 0.2) is 5.96 Å². The van der Waals surface area contributed by atoms with E-state index < -0.39 is 0 Å². The third-order valence-electron chi connectivity index (χ3n) is 5.58. The van der Waals surface area contributed by atoms with Crippen LogP contribution in [0.15, 0.2) is 59.6 Å². The molecule has 2 aromatic rings. The van der Waals surface area contributed by atoms with Crippen LogP contribution in [0.5, 0.6) is 0 Å². The molecule has 1 aliphatic heterocycles. The molecule has 5 heteroatoms. The Labute approximate surface area is 168 Å². The van der Waals surface area contributed by atoms with E-state index in [1.54, 1.807) is 7.05 Å². The molecule has 28 heavy (non-hydrogen) atoms. The van der Waals surface area contributed by atoms with E-state index in [4.69, 9.17) is 0 Å². The first-order chi connectivity index (χ1) is 13.7. The topological polar surface area (TPSA) is 59.9 Å². The van der Waals surface area contributed by atoms with Crippen molar-refractivity contribution in [2.75, 3.05) is 33.3 Å². The Balaban J connectivity index is 1.47. The summed E-state index contributed by atoms with van der Waals surface area (Å²) in [6, 6.07) is 19.2. The maximum Gasteiger partial charge on any atom is 0.191 e. The number of rotatable bonds is 7. The van der Waals surface area contributed by atoms with Crippen LogP contribution in [0.3, 0.4) is 0 Å². The highest BCUT2D eigenvalue weighted by atomic mass is 16.3. The van der Waals surface area contributed by atoms with E-state index >= 15 is 0 Å². The van der Waals surface area contributed by atoms with Crippen molar-refractivity contribution in [2.45, 2.75) is 31.8 Å². The zero-order valence-corrected chi connectivity index (χ0v) is 16.9. The minimum Gasteiger partial charge on any atom is -0.396 e. The molecule has 150 valence electrons. The van der Waals surface area contributed by atoms with Gasteiger partial charge in [-0.15, -0.1) is 0 Å². The monoisotopic (exact) mass is 380 g/mol. The summed E-state index contributed by atoms with van der Waals surface area (Å²) in [7, 11) is 1.79. The van der Waals surface area contributed by atoms with E-state index in [0.29, 0.717) is 12.6 Å². The number of aliphatic imine (C=N–C) groups is 1. The van der Waals surface area contributed by atoms with E-state index in [1.807, 2.05) is 18.2 Å². The molecule has 2 unspecified atom stereocenters. The van der Waals surface area contributed by atoms with Gasteiger partial charge in [0, 0.05) is 45.2 Å². The fourth-order valence-electron chi connectivity index (χ4n) is 3.72. The molecule has 0 fully saturated rings. The summed E-state index contributed by atoms with van der Waals surface area (Å²) < 4.78 is 0. The smallest absolute Gasteiger partial charge is 0.191 e. The average Bonchev–Trinajstić information content (AvgIpc) is 2.76. The number of nitrogens with one attached hydrogen (secondary N) is 2. The van der Waals surface area contributed by atoms with E-state index in [2.05, 4.69) is 63.8 Å². The number of hydrogen-bond donors (Lipinski definition) is 3. The number of aliphatic hydroxyl groups excluding tert-OH is 1. The van der Waals surface area contributed by atoms with Crippen LogP contribution >= 0.6 is 0 Å². The second-order valence-electron chi connectivity index (χ2n) is 7.46. The van der Waals surface area contributed by atoms with Crippen molar-refractivity contribution in [1.82, 2.24) is 15.5 Å². The van der Waals surface area contributed by atoms with Crippen molar-refractivity contribution in [3.8, 4) is 0 Å². The Morgan fingerprint density at radius 3 is 2.43 bits per heavy atom. The molecule has 0 bridgehead atoms. The SMILES string of the molecule is CN=C(NCC(CO)c1ccccc1)NCC(C)N1CCc2ccccc2C1. The first kappa shape index (κ1) is 20.4. The molecule has 3 rings (SSSR count). The number of benzene rings is 2. The van der Waals surface area contributed by atoms with Gasteiger partial charge in [0.05, 0.1) is 6.61 Å². The fourth-order valence-corrected chi connectivity index (χ4v) is 3.72. The van der Waals surface area contributed by atoms with Crippen molar-refractivity contribution in [2.24, 2.45) is 4.99 Å². The highest BCUT2D eigenvalue weighted by molar-refractivity contribution is 5.79. The van der Waals surface area contributed by atoms with Crippen molar-refractivity contribution < 1.29 is 5.11 Å². The van der Waals surface area contributed by atoms with Crippen LogP contribution in [0.1, 0.15) is 29.5 Å². The van der Waals surface area contributed by atoms with Crippen LogP contribution in [0, 0.1) is 0 Å². The third kappa shape index (κ3) is 5.33. The third-order valence-corrected chi connectivity index (χ3v) is 5.58. The number of fused-ring (bicyclic) bond motifs is 1. The molecule has 2 atom stereocenters. The number of nitrogens with zero attached hydrogens (tertiary/aromatic N) is 2. The van der Waals surface area contributed by atoms with Crippen LogP contribution in [0.25, 0.3) is 0 Å². The maximum atomic E-state index is 9.73. The van der Waals surface area contributed by atoms with Crippen LogP contribution < -0.4 is 10.6 Å². The van der Waals surface area contributed by atoms with Gasteiger partial charge >= 0.3 is 0 Å². The summed E-state index contributed by atoms with van der Waals surface area (Å²) in [5, 5.41) is 16.5. The Kier molecular flexibility index (Phi) is 7.46. The summed E-state index contributed by atoms with van der Waals surface area (Å²) in [4.78, 5) is 6.85. The van der Waals surface area contributed by atoms with Crippen molar-refractivity contribution in [1.29, 1.82) is 0 Å². The van der Waals surface area contributed by atoms with Crippen LogP contribution in [0.4, 0.5) is 0 Å². The summed E-state index contributed by atoms with van der Waals surface area (Å²) in [6.07, 6.45) is 1.11. The molecule has 0 saturated carbocycles. The molecular formula is C23H32N4O. The summed E-state index contributed by atoms with van der Waals surface area (Å²) in [5.74, 6) is 0.828. The molecule has 1 aliphatic rings. The van der Waals surface area contributed by atoms with Gasteiger partial charge in [0.1, 0.15) is 0 Å². The average molecular weight is 381 g/mol. The van der Waals surface area contributed by atoms with Gasteiger partial charge in [0.2, 0.25) is 0 Å². The van der Waals surface area contributed by atoms with Gasteiger partial charge in [-0.2, -0.15) is 0 Å². The number of aliphatic hydroxyl groups is 1. The lowest BCUT2D eigenvalue weighted by molar-refractivity contribution is 0.191. The molecule has 0 aromatic heterocycles. The summed E-state index contributed by atoms with van der Waals surface area (Å²) in [5.41, 5.74) is 4.05. The van der Waals surface area contributed by atoms with Crippen molar-refractivity contribution >= 4 is 5.96 Å². The molecule has 0 aliphatic carbocycles. The minimum atomic E-state index is 0.0516. The molecule has 5 nitrogen and oxygen atoms in total. The minimum absolute atomic E-state index is 0.0516. The van der Waals surface area contributed by atoms with E-state index in [-0.39, 0.29) is 12.5 Å². The van der Waals surface area contributed by atoms with Gasteiger partial charge in [0.25, 0.3) is 0 Å². The van der Waals surface area contributed by atoms with Crippen LogP contribution in [-0.4, -0.2) is 55.3 Å². The maximum absolute atomic E-state index is 9.73. The lowest BCUT2D eigenvalue weighted by Crippen LogP contribution is -2.47. The predicted octanol–water partition coefficient (Wildman–Crippen LogP) is 2.37. The van der Waals surface area contributed by atoms with Gasteiger partial charge < -0.3 is 15.7 Å². The van der Waals surface area contributed by atoms with E-state index in [1.165, 1.54) is 11.1 Å². The van der Waals surface area contributed by atoms with Gasteiger partial charge in [-0.25, -0.2) is 0 Å². The quantitative estimate of drug-likeness (QED) is 0.510. The Morgan fingerprint density at radius 2 is 1.71 bits per heavy atom. The van der Waals surface area contributed by atoms with E-state index in [9.17, 15) is 5.11 Å². The standard InChI is InChI=1S/C23H32N4O/c1-18(27-13-12-20-10-6-7-11-21(20)16-27)14-25-23(24-2)26-15-22(17-28)19-8-4-3-5-9-19/h3-11,18,22,28H,12-17H2,1-2H3,(H2,24,25,26). The Morgan fingerprint density at radius 1 is 1.04 bits per heavy atom. The Hall–Kier alpha value is -2.37. The molecule has 0 spiro atoms. The normalized spacial score (nSPS) is 16.9. The summed E-state index contributed by atoms with van der Waals surface area (Å²) in [6.45, 7) is 5.94. The number of hydrogen-bond acceptors (Lipinski definition) is 3. The molecule has 0 amide bonds. The lowest BCUT2D eigenvalue weighted by atomic mass is 9.99. The van der Waals surface area contributed by atoms with Gasteiger partial charge in [-0.1, -0.05) is 54.6 Å². The lowest BCUT2D eigenvalue weighted by Gasteiger charge is -2.34. The highest BCUT2D eigenvalue weighted by Crippen LogP contribution is 2.20. The first-order valence-electron chi connectivity index (χ1n) is 10.1. The predicted molar refractivity (Wildman–Crippen MR) is 116 cm³/mol. The van der Waals surface area contributed by atoms with Gasteiger partial charge in [-0.3, -0.25) is 9.89 Å². The molecule has 2 aromatic carbocycles. The van der Waals surface area contributed by atoms with E-state index in [0.717, 1.165) is 37.6 Å². The zero-order chi connectivity index (χ0) is 19.8. The molecule has 0 saturated heterocycles. The largest absolute Gasteiger partial charge is 0.396 e. The zero-order valence-electron chi connectivity index (χ0n) is 16.9. The fraction of sp³-hybridized carbons (Fsp3) is 0.435. The van der Waals surface area contributed by atoms with Crippen molar-refractivity contribution in [3.05, 3.63) is 71.3 Å². The Bertz CT molecular complexity index is 762. The number of guanidine groups is 1. The highest BCUT2D eigenvalue weighted by Gasteiger charge is 2.20. The first-order valence-corrected chi connectivity index (χ1v) is 10.1. The second kappa shape index (κ2) is 10.2.